The van der Waals surface area contributed by atoms with Crippen LogP contribution < -0.4 is 4.90 Å². The SMILES string of the molecule is CC1(C)CCC(C)(C)c2cc(-c3ccc(N(c4ccc(-c5ccc6c(c5)C(C)(C)CCC6(C)C)cc4)c4cccc5c4C4(c6ccccc6-5)C5CC6CC7CC4C75C6)cc3)ccc21. The van der Waals surface area contributed by atoms with E-state index >= 15 is 0 Å². The summed E-state index contributed by atoms with van der Waals surface area (Å²) in [6.07, 6.45) is 10.7. The molecule has 0 N–H and O–H groups in total. The molecule has 13 rings (SSSR count). The van der Waals surface area contributed by atoms with Crippen molar-refractivity contribution in [1.82, 2.24) is 0 Å². The van der Waals surface area contributed by atoms with Crippen LogP contribution in [0.3, 0.4) is 0 Å². The van der Waals surface area contributed by atoms with Gasteiger partial charge in [-0.15, -0.1) is 0 Å². The fraction of sp³-hybridized carbons (Fsp3) is 0.419. The topological polar surface area (TPSA) is 3.24 Å². The molecule has 6 atom stereocenters. The van der Waals surface area contributed by atoms with Crippen LogP contribution in [0, 0.1) is 29.1 Å². The molecule has 2 bridgehead atoms. The molecule has 0 saturated heterocycles. The molecule has 0 radical (unpaired) electrons. The summed E-state index contributed by atoms with van der Waals surface area (Å²) in [4.78, 5) is 2.64. The van der Waals surface area contributed by atoms with Gasteiger partial charge >= 0.3 is 0 Å². The number of anilines is 3. The third-order valence-corrected chi connectivity index (χ3v) is 19.5. The van der Waals surface area contributed by atoms with E-state index in [1.165, 1.54) is 124 Å². The third-order valence-electron chi connectivity index (χ3n) is 19.5. The number of hydrogen-bond acceptors (Lipinski definition) is 1. The largest absolute Gasteiger partial charge is 0.310 e. The van der Waals surface area contributed by atoms with Crippen molar-refractivity contribution in [2.45, 2.75) is 134 Å². The van der Waals surface area contributed by atoms with E-state index in [9.17, 15) is 0 Å². The van der Waals surface area contributed by atoms with Crippen LogP contribution in [0.25, 0.3) is 33.4 Å². The second kappa shape index (κ2) is 12.5. The second-order valence-corrected chi connectivity index (χ2v) is 24.3. The fourth-order valence-electron chi connectivity index (χ4n) is 16.1. The summed E-state index contributed by atoms with van der Waals surface area (Å²) in [5, 5.41) is 0. The summed E-state index contributed by atoms with van der Waals surface area (Å²) in [5.41, 5.74) is 22.8. The van der Waals surface area contributed by atoms with Gasteiger partial charge in [0.15, 0.2) is 0 Å². The first-order chi connectivity index (χ1) is 30.1. The normalized spacial score (nSPS) is 29.7. The van der Waals surface area contributed by atoms with Crippen LogP contribution in [0.5, 0.6) is 0 Å². The van der Waals surface area contributed by atoms with Gasteiger partial charge in [-0.3, -0.25) is 0 Å². The van der Waals surface area contributed by atoms with Gasteiger partial charge in [0.1, 0.15) is 0 Å². The van der Waals surface area contributed by atoms with E-state index < -0.39 is 0 Å². The highest BCUT2D eigenvalue weighted by molar-refractivity contribution is 5.93. The van der Waals surface area contributed by atoms with Crippen LogP contribution in [-0.2, 0) is 27.1 Å². The molecule has 6 aromatic carbocycles. The van der Waals surface area contributed by atoms with Crippen molar-refractivity contribution in [3.05, 3.63) is 161 Å². The number of nitrogens with zero attached hydrogens (tertiary/aromatic N) is 1. The Morgan fingerprint density at radius 2 is 0.921 bits per heavy atom. The molecule has 318 valence electrons. The second-order valence-electron chi connectivity index (χ2n) is 24.3. The first-order valence-corrected chi connectivity index (χ1v) is 24.7. The standard InChI is InChI=1S/C62H65N/c1-57(2)28-30-59(5,6)51-34-41(20-26-49(51)57)39-16-22-44(23-17-39)63(45-24-18-40(19-25-45)42-21-27-50-52(35-42)60(7,8)31-29-58(50,3)4)53-15-11-13-47-46-12-9-10-14-48(46)62(56(47)53)54-33-38-32-43-36-55(62)61(43,54)37-38/h9-27,34-35,38,43,54-55H,28-33,36-37H2,1-8H3. The highest BCUT2D eigenvalue weighted by Gasteiger charge is 2.85. The Morgan fingerprint density at radius 1 is 0.429 bits per heavy atom. The Morgan fingerprint density at radius 3 is 1.48 bits per heavy atom. The molecule has 7 aliphatic rings. The lowest BCUT2D eigenvalue weighted by Crippen LogP contribution is -2.73. The first kappa shape index (κ1) is 38.6. The fourth-order valence-corrected chi connectivity index (χ4v) is 16.1. The summed E-state index contributed by atoms with van der Waals surface area (Å²) in [6, 6.07) is 50.8. The average Bonchev–Trinajstić information content (AvgIpc) is 3.92. The minimum atomic E-state index is 0.0970. The zero-order valence-electron chi connectivity index (χ0n) is 39.0. The van der Waals surface area contributed by atoms with Crippen molar-refractivity contribution in [2.75, 3.05) is 4.90 Å². The lowest BCUT2D eigenvalue weighted by Gasteiger charge is -2.76. The molecule has 63 heavy (non-hydrogen) atoms. The lowest BCUT2D eigenvalue weighted by molar-refractivity contribution is -0.231. The molecule has 4 fully saturated rings. The molecule has 0 heterocycles. The monoisotopic (exact) mass is 824 g/mol. The van der Waals surface area contributed by atoms with Crippen molar-refractivity contribution in [3.8, 4) is 33.4 Å². The number of fused-ring (bicyclic) bond motifs is 10. The molecule has 6 aromatic rings. The average molecular weight is 824 g/mol. The molecule has 2 spiro atoms. The van der Waals surface area contributed by atoms with Gasteiger partial charge in [0.25, 0.3) is 0 Å². The molecular weight excluding hydrogens is 759 g/mol. The molecule has 6 unspecified atom stereocenters. The van der Waals surface area contributed by atoms with Crippen LogP contribution >= 0.6 is 0 Å². The Balaban J connectivity index is 0.956. The van der Waals surface area contributed by atoms with Gasteiger partial charge in [-0.05, 0) is 199 Å². The summed E-state index contributed by atoms with van der Waals surface area (Å²) in [6.45, 7) is 19.5. The van der Waals surface area contributed by atoms with Crippen LogP contribution in [0.15, 0.2) is 127 Å². The maximum absolute atomic E-state index is 2.64. The molecular formula is C62H65N. The van der Waals surface area contributed by atoms with E-state index in [-0.39, 0.29) is 27.1 Å². The van der Waals surface area contributed by atoms with Gasteiger partial charge in [-0.25, -0.2) is 0 Å². The molecule has 1 heteroatoms. The minimum Gasteiger partial charge on any atom is -0.310 e. The van der Waals surface area contributed by atoms with E-state index in [2.05, 4.69) is 188 Å². The lowest BCUT2D eigenvalue weighted by atomic mass is 9.26. The molecule has 0 aliphatic heterocycles. The number of benzene rings is 6. The maximum atomic E-state index is 2.64. The summed E-state index contributed by atoms with van der Waals surface area (Å²) in [5.74, 6) is 3.37. The summed E-state index contributed by atoms with van der Waals surface area (Å²) in [7, 11) is 0. The van der Waals surface area contributed by atoms with Crippen LogP contribution in [0.2, 0.25) is 0 Å². The maximum Gasteiger partial charge on any atom is 0.0509 e. The highest BCUT2D eigenvalue weighted by atomic mass is 15.1. The Bertz CT molecular complexity index is 2760. The number of rotatable bonds is 5. The van der Waals surface area contributed by atoms with Gasteiger partial charge in [0.05, 0.1) is 5.69 Å². The van der Waals surface area contributed by atoms with Gasteiger partial charge in [0, 0.05) is 16.8 Å². The summed E-state index contributed by atoms with van der Waals surface area (Å²) >= 11 is 0. The van der Waals surface area contributed by atoms with E-state index in [1.807, 2.05) is 0 Å². The quantitative estimate of drug-likeness (QED) is 0.167. The smallest absolute Gasteiger partial charge is 0.0509 e. The van der Waals surface area contributed by atoms with E-state index in [0.29, 0.717) is 5.41 Å². The molecule has 7 aliphatic carbocycles. The van der Waals surface area contributed by atoms with Gasteiger partial charge in [0.2, 0.25) is 0 Å². The zero-order valence-corrected chi connectivity index (χ0v) is 39.0. The molecule has 1 nitrogen and oxygen atoms in total. The molecule has 0 amide bonds. The Hall–Kier alpha value is -4.88. The predicted octanol–water partition coefficient (Wildman–Crippen LogP) is 16.5. The van der Waals surface area contributed by atoms with E-state index in [4.69, 9.17) is 0 Å². The van der Waals surface area contributed by atoms with Gasteiger partial charge in [-0.1, -0.05) is 152 Å². The van der Waals surface area contributed by atoms with E-state index in [1.54, 1.807) is 11.1 Å². The summed E-state index contributed by atoms with van der Waals surface area (Å²) < 4.78 is 0. The van der Waals surface area contributed by atoms with Crippen LogP contribution in [0.4, 0.5) is 17.1 Å². The van der Waals surface area contributed by atoms with Gasteiger partial charge in [-0.2, -0.15) is 0 Å². The Labute approximate surface area is 377 Å². The van der Waals surface area contributed by atoms with Crippen molar-refractivity contribution < 1.29 is 0 Å². The number of hydrogen-bond donors (Lipinski definition) is 0. The van der Waals surface area contributed by atoms with Gasteiger partial charge < -0.3 is 4.90 Å². The van der Waals surface area contributed by atoms with Crippen molar-refractivity contribution >= 4 is 17.1 Å². The third kappa shape index (κ3) is 4.96. The van der Waals surface area contributed by atoms with Crippen LogP contribution in [-0.4, -0.2) is 0 Å². The molecule has 0 aromatic heterocycles. The van der Waals surface area contributed by atoms with Crippen molar-refractivity contribution in [3.63, 3.8) is 0 Å². The van der Waals surface area contributed by atoms with Crippen molar-refractivity contribution in [2.24, 2.45) is 29.1 Å². The zero-order chi connectivity index (χ0) is 43.1. The van der Waals surface area contributed by atoms with Crippen molar-refractivity contribution in [1.29, 1.82) is 0 Å². The van der Waals surface area contributed by atoms with Crippen LogP contribution in [0.1, 0.15) is 140 Å². The van der Waals surface area contributed by atoms with E-state index in [0.717, 1.165) is 23.7 Å². The molecule has 4 saturated carbocycles. The minimum absolute atomic E-state index is 0.0970. The Kier molecular flexibility index (Phi) is 7.63. The predicted molar refractivity (Wildman–Crippen MR) is 264 cm³/mol. The highest BCUT2D eigenvalue weighted by Crippen LogP contribution is 2.90. The first-order valence-electron chi connectivity index (χ1n) is 24.7.